The van der Waals surface area contributed by atoms with Crippen molar-refractivity contribution >= 4 is 6.08 Å². The van der Waals surface area contributed by atoms with E-state index in [1.165, 1.54) is 25.7 Å². The average molecular weight is 209 g/mol. The molecule has 0 aromatic rings. The molecule has 86 valence electrons. The Morgan fingerprint density at radius 1 is 1.33 bits per heavy atom. The number of aliphatic imine (C=N–C) groups is 1. The maximum Gasteiger partial charge on any atom is 0.234 e. The lowest BCUT2D eigenvalue weighted by Gasteiger charge is -2.45. The predicted octanol–water partition coefficient (Wildman–Crippen LogP) is 3.56. The van der Waals surface area contributed by atoms with Crippen LogP contribution in [-0.2, 0) is 4.79 Å². The van der Waals surface area contributed by atoms with Crippen molar-refractivity contribution in [3.8, 4) is 0 Å². The zero-order valence-corrected chi connectivity index (χ0v) is 10.5. The van der Waals surface area contributed by atoms with Crippen molar-refractivity contribution in [3.63, 3.8) is 0 Å². The third-order valence-electron chi connectivity index (χ3n) is 3.63. The Morgan fingerprint density at radius 2 is 2.00 bits per heavy atom. The zero-order valence-electron chi connectivity index (χ0n) is 10.5. The van der Waals surface area contributed by atoms with E-state index in [1.807, 2.05) is 0 Å². The van der Waals surface area contributed by atoms with Gasteiger partial charge in [-0.25, -0.2) is 9.79 Å². The van der Waals surface area contributed by atoms with E-state index >= 15 is 0 Å². The van der Waals surface area contributed by atoms with Crippen LogP contribution >= 0.6 is 0 Å². The predicted molar refractivity (Wildman–Crippen MR) is 62.5 cm³/mol. The van der Waals surface area contributed by atoms with Crippen LogP contribution in [0.5, 0.6) is 0 Å². The van der Waals surface area contributed by atoms with Crippen molar-refractivity contribution in [1.29, 1.82) is 0 Å². The van der Waals surface area contributed by atoms with Crippen LogP contribution in [0.15, 0.2) is 4.99 Å². The molecular weight excluding hydrogens is 186 g/mol. The third-order valence-corrected chi connectivity index (χ3v) is 3.63. The van der Waals surface area contributed by atoms with Crippen LogP contribution in [0.25, 0.3) is 0 Å². The summed E-state index contributed by atoms with van der Waals surface area (Å²) in [5, 5.41) is 0. The fourth-order valence-electron chi connectivity index (χ4n) is 3.48. The standard InChI is InChI=1S/C13H23NO/c1-5-11-6-12(2,3)8-13(4,7-11)9-14-10-15/h11H,5-9H2,1-4H3. The van der Waals surface area contributed by atoms with E-state index in [9.17, 15) is 4.79 Å². The van der Waals surface area contributed by atoms with Gasteiger partial charge in [-0.2, -0.15) is 0 Å². The molecule has 0 amide bonds. The molecule has 1 fully saturated rings. The summed E-state index contributed by atoms with van der Waals surface area (Å²) in [6.45, 7) is 9.83. The summed E-state index contributed by atoms with van der Waals surface area (Å²) < 4.78 is 0. The first kappa shape index (κ1) is 12.4. The number of isocyanates is 1. The minimum atomic E-state index is 0.208. The first-order chi connectivity index (χ1) is 6.91. The first-order valence-corrected chi connectivity index (χ1v) is 5.94. The van der Waals surface area contributed by atoms with E-state index in [0.29, 0.717) is 12.0 Å². The monoisotopic (exact) mass is 209 g/mol. The van der Waals surface area contributed by atoms with Gasteiger partial charge in [-0.05, 0) is 36.0 Å². The van der Waals surface area contributed by atoms with Crippen molar-refractivity contribution in [1.82, 2.24) is 0 Å². The van der Waals surface area contributed by atoms with Gasteiger partial charge in [0.05, 0.1) is 6.54 Å². The van der Waals surface area contributed by atoms with Gasteiger partial charge in [0.2, 0.25) is 6.08 Å². The second kappa shape index (κ2) is 4.49. The summed E-state index contributed by atoms with van der Waals surface area (Å²) in [4.78, 5) is 14.0. The van der Waals surface area contributed by atoms with Gasteiger partial charge in [-0.1, -0.05) is 34.1 Å². The second-order valence-electron chi connectivity index (χ2n) is 6.24. The highest BCUT2D eigenvalue weighted by atomic mass is 16.1. The van der Waals surface area contributed by atoms with E-state index in [1.54, 1.807) is 6.08 Å². The molecule has 1 rings (SSSR count). The molecule has 1 saturated carbocycles. The van der Waals surface area contributed by atoms with Gasteiger partial charge < -0.3 is 0 Å². The number of hydrogen-bond donors (Lipinski definition) is 0. The van der Waals surface area contributed by atoms with Crippen molar-refractivity contribution < 1.29 is 4.79 Å². The Bertz CT molecular complexity index is 266. The first-order valence-electron chi connectivity index (χ1n) is 5.94. The maximum absolute atomic E-state index is 10.2. The van der Waals surface area contributed by atoms with Crippen LogP contribution in [0, 0.1) is 16.7 Å². The minimum absolute atomic E-state index is 0.208. The molecule has 0 spiro atoms. The molecule has 2 nitrogen and oxygen atoms in total. The number of rotatable bonds is 3. The van der Waals surface area contributed by atoms with Crippen LogP contribution in [0.3, 0.4) is 0 Å². The maximum atomic E-state index is 10.2. The normalized spacial score (nSPS) is 34.5. The molecule has 1 aliphatic rings. The highest BCUT2D eigenvalue weighted by molar-refractivity contribution is 5.33. The van der Waals surface area contributed by atoms with Crippen LogP contribution in [0.2, 0.25) is 0 Å². The molecule has 0 aromatic heterocycles. The lowest BCUT2D eigenvalue weighted by Crippen LogP contribution is -2.37. The van der Waals surface area contributed by atoms with Crippen LogP contribution in [0.1, 0.15) is 53.4 Å². The van der Waals surface area contributed by atoms with E-state index in [4.69, 9.17) is 0 Å². The fourth-order valence-corrected chi connectivity index (χ4v) is 3.48. The highest BCUT2D eigenvalue weighted by Gasteiger charge is 2.40. The minimum Gasteiger partial charge on any atom is -0.211 e. The van der Waals surface area contributed by atoms with Gasteiger partial charge >= 0.3 is 0 Å². The van der Waals surface area contributed by atoms with E-state index < -0.39 is 0 Å². The van der Waals surface area contributed by atoms with E-state index in [0.717, 1.165) is 5.92 Å². The number of carbonyl (C=O) groups excluding carboxylic acids is 1. The molecule has 15 heavy (non-hydrogen) atoms. The summed E-state index contributed by atoms with van der Waals surface area (Å²) in [6.07, 6.45) is 6.60. The van der Waals surface area contributed by atoms with Crippen LogP contribution in [-0.4, -0.2) is 12.6 Å². The molecule has 0 radical (unpaired) electrons. The molecule has 0 N–H and O–H groups in total. The van der Waals surface area contributed by atoms with Crippen LogP contribution < -0.4 is 0 Å². The lowest BCUT2D eigenvalue weighted by molar-refractivity contribution is 0.0590. The van der Waals surface area contributed by atoms with Crippen molar-refractivity contribution in [3.05, 3.63) is 0 Å². The smallest absolute Gasteiger partial charge is 0.211 e. The summed E-state index contributed by atoms with van der Waals surface area (Å²) in [6, 6.07) is 0. The molecule has 2 heteroatoms. The van der Waals surface area contributed by atoms with Gasteiger partial charge in [0.15, 0.2) is 0 Å². The van der Waals surface area contributed by atoms with Gasteiger partial charge in [-0.3, -0.25) is 0 Å². The third kappa shape index (κ3) is 3.46. The molecule has 2 atom stereocenters. The Hall–Kier alpha value is -0.620. The van der Waals surface area contributed by atoms with E-state index in [2.05, 4.69) is 32.7 Å². The van der Waals surface area contributed by atoms with Gasteiger partial charge in [-0.15, -0.1) is 0 Å². The molecule has 1 aliphatic carbocycles. The molecule has 0 saturated heterocycles. The average Bonchev–Trinajstić information content (AvgIpc) is 2.12. The quantitative estimate of drug-likeness (QED) is 0.516. The lowest BCUT2D eigenvalue weighted by atomic mass is 9.60. The largest absolute Gasteiger partial charge is 0.234 e. The Kier molecular flexibility index (Phi) is 3.72. The van der Waals surface area contributed by atoms with Gasteiger partial charge in [0.1, 0.15) is 0 Å². The highest BCUT2D eigenvalue weighted by Crippen LogP contribution is 2.49. The van der Waals surface area contributed by atoms with Crippen molar-refractivity contribution in [2.45, 2.75) is 53.4 Å². The molecule has 0 heterocycles. The molecule has 2 unspecified atom stereocenters. The molecular formula is C13H23NO. The molecule has 0 bridgehead atoms. The van der Waals surface area contributed by atoms with Crippen LogP contribution in [0.4, 0.5) is 0 Å². The van der Waals surface area contributed by atoms with Crippen molar-refractivity contribution in [2.75, 3.05) is 6.54 Å². The Balaban J connectivity index is 2.76. The molecule has 0 aromatic carbocycles. The SMILES string of the molecule is CCC1CC(C)(C)CC(C)(CN=C=O)C1. The summed E-state index contributed by atoms with van der Waals surface area (Å²) in [5.74, 6) is 0.792. The summed E-state index contributed by atoms with van der Waals surface area (Å²) in [7, 11) is 0. The Labute approximate surface area is 93.2 Å². The van der Waals surface area contributed by atoms with E-state index in [-0.39, 0.29) is 5.41 Å². The second-order valence-corrected chi connectivity index (χ2v) is 6.24. The summed E-state index contributed by atoms with van der Waals surface area (Å²) in [5.41, 5.74) is 0.603. The number of nitrogens with zero attached hydrogens (tertiary/aromatic N) is 1. The zero-order chi connectivity index (χ0) is 11.5. The number of hydrogen-bond acceptors (Lipinski definition) is 2. The van der Waals surface area contributed by atoms with Gasteiger partial charge in [0, 0.05) is 0 Å². The fraction of sp³-hybridized carbons (Fsp3) is 0.923. The molecule has 0 aliphatic heterocycles. The Morgan fingerprint density at radius 3 is 2.53 bits per heavy atom. The summed E-state index contributed by atoms with van der Waals surface area (Å²) >= 11 is 0. The van der Waals surface area contributed by atoms with Crippen molar-refractivity contribution in [2.24, 2.45) is 21.7 Å². The van der Waals surface area contributed by atoms with Gasteiger partial charge in [0.25, 0.3) is 0 Å². The topological polar surface area (TPSA) is 29.4 Å².